The number of nitrogens with two attached hydrogens (primary N) is 1. The first kappa shape index (κ1) is 16.4. The van der Waals surface area contributed by atoms with Gasteiger partial charge in [-0.3, -0.25) is 4.98 Å². The first-order valence-corrected chi connectivity index (χ1v) is 7.66. The molecule has 19 heavy (non-hydrogen) atoms. The van der Waals surface area contributed by atoms with E-state index in [0.717, 1.165) is 18.2 Å². The number of allylic oxidation sites excluding steroid dienone is 1. The van der Waals surface area contributed by atoms with Gasteiger partial charge in [-0.25, -0.2) is 4.39 Å². The molecule has 1 rings (SSSR count). The Labute approximate surface area is 121 Å². The summed E-state index contributed by atoms with van der Waals surface area (Å²) >= 11 is 4.19. The van der Waals surface area contributed by atoms with Crippen molar-refractivity contribution in [3.8, 4) is 0 Å². The van der Waals surface area contributed by atoms with Gasteiger partial charge in [-0.15, -0.1) is 11.6 Å². The predicted molar refractivity (Wildman–Crippen MR) is 78.5 cm³/mol. The van der Waals surface area contributed by atoms with Crippen molar-refractivity contribution in [3.63, 3.8) is 0 Å². The second kappa shape index (κ2) is 7.24. The molecule has 0 bridgehead atoms. The first-order valence-electron chi connectivity index (χ1n) is 5.91. The number of halogens is 2. The summed E-state index contributed by atoms with van der Waals surface area (Å²) in [5, 5.41) is 5.47. The zero-order chi connectivity index (χ0) is 14.5. The van der Waals surface area contributed by atoms with Gasteiger partial charge in [-0.2, -0.15) is 5.14 Å². The van der Waals surface area contributed by atoms with Crippen molar-refractivity contribution < 1.29 is 8.94 Å². The van der Waals surface area contributed by atoms with Gasteiger partial charge < -0.3 is 4.55 Å². The van der Waals surface area contributed by atoms with Crippen LogP contribution in [0.25, 0.3) is 5.57 Å². The largest absolute Gasteiger partial charge is 0.598 e. The van der Waals surface area contributed by atoms with Crippen LogP contribution in [0.1, 0.15) is 32.3 Å². The quantitative estimate of drug-likeness (QED) is 0.649. The zero-order valence-electron chi connectivity index (χ0n) is 11.0. The number of nitrogens with zero attached hydrogens (tertiary/aromatic N) is 1. The summed E-state index contributed by atoms with van der Waals surface area (Å²) in [6.07, 6.45) is 5.95. The van der Waals surface area contributed by atoms with Gasteiger partial charge in [0.25, 0.3) is 0 Å². The van der Waals surface area contributed by atoms with Gasteiger partial charge in [0.05, 0.1) is 6.20 Å². The molecule has 1 heterocycles. The fraction of sp³-hybridized carbons (Fsp3) is 0.462. The second-order valence-corrected chi connectivity index (χ2v) is 6.78. The van der Waals surface area contributed by atoms with E-state index in [1.807, 2.05) is 6.08 Å². The number of alkyl halides is 1. The smallest absolute Gasteiger partial charge is 0.158 e. The third kappa shape index (κ3) is 5.10. The minimum atomic E-state index is -1.50. The summed E-state index contributed by atoms with van der Waals surface area (Å²) in [6, 6.07) is 1.41. The van der Waals surface area contributed by atoms with Crippen LogP contribution < -0.4 is 5.14 Å². The van der Waals surface area contributed by atoms with Crippen molar-refractivity contribution in [2.45, 2.75) is 31.4 Å². The molecular formula is C13H18ClFN2OS. The van der Waals surface area contributed by atoms with Gasteiger partial charge in [0.15, 0.2) is 4.75 Å². The maximum absolute atomic E-state index is 13.2. The number of aromatic nitrogens is 1. The zero-order valence-corrected chi connectivity index (χ0v) is 12.6. The van der Waals surface area contributed by atoms with Crippen molar-refractivity contribution in [1.29, 1.82) is 0 Å². The van der Waals surface area contributed by atoms with Gasteiger partial charge in [0.2, 0.25) is 0 Å². The van der Waals surface area contributed by atoms with Crippen LogP contribution in [0, 0.1) is 5.82 Å². The van der Waals surface area contributed by atoms with Gasteiger partial charge in [-0.1, -0.05) is 0 Å². The highest BCUT2D eigenvalue weighted by Crippen LogP contribution is 2.26. The Morgan fingerprint density at radius 2 is 2.26 bits per heavy atom. The van der Waals surface area contributed by atoms with Crippen molar-refractivity contribution in [2.24, 2.45) is 5.14 Å². The standard InChI is InChI=1S/C13H18ClFN2OS/c1-13(2,19(16)18)7-10(4-3-5-14)11-6-12(15)9-17-8-11/h6-9H,3-5,16H2,1-2H3. The summed E-state index contributed by atoms with van der Waals surface area (Å²) in [7, 11) is 0. The molecule has 1 aromatic rings. The molecule has 106 valence electrons. The van der Waals surface area contributed by atoms with E-state index in [0.29, 0.717) is 17.9 Å². The lowest BCUT2D eigenvalue weighted by Crippen LogP contribution is -2.36. The fourth-order valence-electron chi connectivity index (χ4n) is 1.62. The molecule has 0 aliphatic heterocycles. The summed E-state index contributed by atoms with van der Waals surface area (Å²) in [4.78, 5) is 3.83. The van der Waals surface area contributed by atoms with Gasteiger partial charge >= 0.3 is 0 Å². The van der Waals surface area contributed by atoms with Crippen LogP contribution >= 0.6 is 11.6 Å². The molecule has 0 aromatic carbocycles. The molecule has 1 aromatic heterocycles. The van der Waals surface area contributed by atoms with Gasteiger partial charge in [0.1, 0.15) is 5.82 Å². The third-order valence-electron chi connectivity index (χ3n) is 2.70. The van der Waals surface area contributed by atoms with E-state index in [4.69, 9.17) is 16.7 Å². The molecule has 2 N–H and O–H groups in total. The van der Waals surface area contributed by atoms with Crippen LogP contribution in [0.5, 0.6) is 0 Å². The molecular weight excluding hydrogens is 287 g/mol. The molecule has 6 heteroatoms. The Kier molecular flexibility index (Phi) is 6.26. The van der Waals surface area contributed by atoms with Crippen LogP contribution in [0.2, 0.25) is 0 Å². The highest BCUT2D eigenvalue weighted by molar-refractivity contribution is 7.90. The average molecular weight is 305 g/mol. The molecule has 0 amide bonds. The fourth-order valence-corrected chi connectivity index (χ4v) is 2.01. The highest BCUT2D eigenvalue weighted by Gasteiger charge is 2.28. The number of hydrogen-bond donors (Lipinski definition) is 1. The van der Waals surface area contributed by atoms with Crippen molar-refractivity contribution in [2.75, 3.05) is 5.88 Å². The van der Waals surface area contributed by atoms with Crippen LogP contribution in [0.15, 0.2) is 24.5 Å². The Bertz CT molecular complexity index is 452. The summed E-state index contributed by atoms with van der Waals surface area (Å²) < 4.78 is 24.1. The Morgan fingerprint density at radius 3 is 2.79 bits per heavy atom. The lowest BCUT2D eigenvalue weighted by Gasteiger charge is -2.22. The lowest BCUT2D eigenvalue weighted by atomic mass is 9.98. The van der Waals surface area contributed by atoms with E-state index in [1.54, 1.807) is 20.0 Å². The van der Waals surface area contributed by atoms with Crippen molar-refractivity contribution in [3.05, 3.63) is 35.9 Å². The number of pyridine rings is 1. The van der Waals surface area contributed by atoms with Crippen LogP contribution in [-0.4, -0.2) is 20.2 Å². The molecule has 0 radical (unpaired) electrons. The Hall–Kier alpha value is -0.620. The molecule has 1 unspecified atom stereocenters. The third-order valence-corrected chi connectivity index (χ3v) is 4.12. The summed E-state index contributed by atoms with van der Waals surface area (Å²) in [5.74, 6) is 0.104. The Morgan fingerprint density at radius 1 is 1.58 bits per heavy atom. The maximum Gasteiger partial charge on any atom is 0.158 e. The van der Waals surface area contributed by atoms with E-state index >= 15 is 0 Å². The second-order valence-electron chi connectivity index (χ2n) is 4.75. The number of rotatable bonds is 6. The first-order chi connectivity index (χ1) is 8.86. The predicted octanol–water partition coefficient (Wildman–Crippen LogP) is 3.02. The van der Waals surface area contributed by atoms with E-state index in [9.17, 15) is 8.94 Å². The van der Waals surface area contributed by atoms with Crippen molar-refractivity contribution in [1.82, 2.24) is 4.98 Å². The summed E-state index contributed by atoms with van der Waals surface area (Å²) in [5.41, 5.74) is 1.53. The normalized spacial score (nSPS) is 14.5. The molecule has 0 aliphatic rings. The van der Waals surface area contributed by atoms with E-state index in [1.165, 1.54) is 6.07 Å². The molecule has 0 fully saturated rings. The molecule has 0 aliphatic carbocycles. The van der Waals surface area contributed by atoms with E-state index in [-0.39, 0.29) is 0 Å². The van der Waals surface area contributed by atoms with E-state index < -0.39 is 21.9 Å². The average Bonchev–Trinajstić information content (AvgIpc) is 2.34. The molecule has 0 saturated heterocycles. The topological polar surface area (TPSA) is 62.0 Å². The minimum absolute atomic E-state index is 0.402. The van der Waals surface area contributed by atoms with Crippen molar-refractivity contribution >= 4 is 28.5 Å². The number of hydrogen-bond acceptors (Lipinski definition) is 3. The van der Waals surface area contributed by atoms with Gasteiger partial charge in [0, 0.05) is 23.4 Å². The summed E-state index contributed by atoms with van der Waals surface area (Å²) in [6.45, 7) is 3.55. The highest BCUT2D eigenvalue weighted by atomic mass is 35.5. The maximum atomic E-state index is 13.2. The van der Waals surface area contributed by atoms with Crippen LogP contribution in [-0.2, 0) is 11.4 Å². The Balaban J connectivity index is 3.11. The monoisotopic (exact) mass is 304 g/mol. The lowest BCUT2D eigenvalue weighted by molar-refractivity contribution is 0.573. The molecule has 0 spiro atoms. The molecule has 0 saturated carbocycles. The van der Waals surface area contributed by atoms with Gasteiger partial charge in [-0.05, 0) is 50.0 Å². The SMILES string of the molecule is CC(C)(C=C(CCCCl)c1cncc(F)c1)[S+](N)[O-]. The molecule has 3 nitrogen and oxygen atoms in total. The van der Waals surface area contributed by atoms with Crippen LogP contribution in [0.3, 0.4) is 0 Å². The molecule has 1 atom stereocenters. The minimum Gasteiger partial charge on any atom is -0.598 e. The van der Waals surface area contributed by atoms with Crippen LogP contribution in [0.4, 0.5) is 4.39 Å². The van der Waals surface area contributed by atoms with E-state index in [2.05, 4.69) is 4.98 Å².